The lowest BCUT2D eigenvalue weighted by atomic mass is 10.3. The Morgan fingerprint density at radius 1 is 1.33 bits per heavy atom. The Balaban J connectivity index is 1.48. The van der Waals surface area contributed by atoms with Crippen molar-refractivity contribution in [3.05, 3.63) is 11.1 Å². The lowest BCUT2D eigenvalue weighted by Gasteiger charge is -2.12. The Labute approximate surface area is 141 Å². The number of nitrogens with zero attached hydrogens (tertiary/aromatic N) is 3. The highest BCUT2D eigenvalue weighted by atomic mass is 32.1. The molecule has 24 heavy (non-hydrogen) atoms. The highest BCUT2D eigenvalue weighted by Crippen LogP contribution is 2.25. The van der Waals surface area contributed by atoms with E-state index < -0.39 is 24.5 Å². The van der Waals surface area contributed by atoms with Crippen LogP contribution in [0.3, 0.4) is 0 Å². The summed E-state index contributed by atoms with van der Waals surface area (Å²) in [7, 11) is 0. The van der Waals surface area contributed by atoms with Gasteiger partial charge in [0, 0.05) is 31.4 Å². The van der Waals surface area contributed by atoms with E-state index in [1.807, 2.05) is 0 Å². The Kier molecular flexibility index (Phi) is 4.74. The van der Waals surface area contributed by atoms with Crippen molar-refractivity contribution in [2.45, 2.75) is 19.3 Å². The maximum absolute atomic E-state index is 11.8. The molecule has 3 rings (SSSR count). The van der Waals surface area contributed by atoms with E-state index >= 15 is 0 Å². The van der Waals surface area contributed by atoms with Crippen LogP contribution in [0.15, 0.2) is 5.38 Å². The summed E-state index contributed by atoms with van der Waals surface area (Å²) in [6, 6.07) is -0.476. The molecule has 9 nitrogen and oxygen atoms in total. The van der Waals surface area contributed by atoms with Crippen LogP contribution in [0.25, 0.3) is 0 Å². The van der Waals surface area contributed by atoms with Gasteiger partial charge in [0.2, 0.25) is 5.91 Å². The second-order valence-corrected chi connectivity index (χ2v) is 6.22. The molecule has 4 amide bonds. The predicted octanol–water partition coefficient (Wildman–Crippen LogP) is -0.0926. The number of esters is 1. The van der Waals surface area contributed by atoms with Gasteiger partial charge in [0.25, 0.3) is 5.91 Å². The van der Waals surface area contributed by atoms with Gasteiger partial charge in [-0.3, -0.25) is 24.2 Å². The SMILES string of the molecule is O=C(Cc1csc(N2CCCC2=O)n1)OCC(=O)N1CCNC1=O. The number of aromatic nitrogens is 1. The summed E-state index contributed by atoms with van der Waals surface area (Å²) in [5.74, 6) is -1.12. The molecule has 2 saturated heterocycles. The monoisotopic (exact) mass is 352 g/mol. The number of ether oxygens (including phenoxy) is 1. The zero-order chi connectivity index (χ0) is 17.1. The van der Waals surface area contributed by atoms with Crippen molar-refractivity contribution in [1.29, 1.82) is 0 Å². The number of carbonyl (C=O) groups excluding carboxylic acids is 4. The molecule has 0 aliphatic carbocycles. The minimum absolute atomic E-state index is 0.0352. The molecule has 0 atom stereocenters. The zero-order valence-electron chi connectivity index (χ0n) is 12.8. The third kappa shape index (κ3) is 3.53. The molecule has 1 N–H and O–H groups in total. The zero-order valence-corrected chi connectivity index (χ0v) is 13.6. The van der Waals surface area contributed by atoms with Gasteiger partial charge in [0.15, 0.2) is 11.7 Å². The fourth-order valence-electron chi connectivity index (χ4n) is 2.48. The largest absolute Gasteiger partial charge is 0.455 e. The molecule has 0 aromatic carbocycles. The van der Waals surface area contributed by atoms with Crippen molar-refractivity contribution >= 4 is 40.3 Å². The van der Waals surface area contributed by atoms with Crippen molar-refractivity contribution in [2.75, 3.05) is 31.1 Å². The molecule has 0 spiro atoms. The molecular weight excluding hydrogens is 336 g/mol. The van der Waals surface area contributed by atoms with Gasteiger partial charge in [0.05, 0.1) is 12.1 Å². The van der Waals surface area contributed by atoms with Crippen molar-refractivity contribution in [2.24, 2.45) is 0 Å². The maximum Gasteiger partial charge on any atom is 0.324 e. The first-order valence-electron chi connectivity index (χ1n) is 7.53. The molecule has 0 saturated carbocycles. The summed E-state index contributed by atoms with van der Waals surface area (Å²) in [5.41, 5.74) is 0.492. The predicted molar refractivity (Wildman–Crippen MR) is 83.5 cm³/mol. The molecule has 10 heteroatoms. The van der Waals surface area contributed by atoms with Gasteiger partial charge in [-0.15, -0.1) is 11.3 Å². The first kappa shape index (κ1) is 16.4. The first-order chi connectivity index (χ1) is 11.5. The van der Waals surface area contributed by atoms with E-state index in [9.17, 15) is 19.2 Å². The quantitative estimate of drug-likeness (QED) is 0.742. The highest BCUT2D eigenvalue weighted by molar-refractivity contribution is 7.14. The number of anilines is 1. The van der Waals surface area contributed by atoms with Crippen LogP contribution in [-0.2, 0) is 25.5 Å². The molecule has 0 radical (unpaired) electrons. The normalized spacial score (nSPS) is 17.3. The summed E-state index contributed by atoms with van der Waals surface area (Å²) in [5, 5.41) is 4.76. The number of carbonyl (C=O) groups is 4. The van der Waals surface area contributed by atoms with Gasteiger partial charge >= 0.3 is 12.0 Å². The summed E-state index contributed by atoms with van der Waals surface area (Å²) in [6.45, 7) is 0.834. The Morgan fingerprint density at radius 2 is 2.17 bits per heavy atom. The average Bonchev–Trinajstić information content (AvgIpc) is 3.26. The van der Waals surface area contributed by atoms with Gasteiger partial charge in [-0.1, -0.05) is 0 Å². The minimum atomic E-state index is -0.604. The van der Waals surface area contributed by atoms with Crippen LogP contribution in [0, 0.1) is 0 Å². The van der Waals surface area contributed by atoms with Crippen LogP contribution in [0.2, 0.25) is 0 Å². The molecule has 2 aliphatic rings. The number of rotatable bonds is 5. The van der Waals surface area contributed by atoms with Crippen LogP contribution in [0.5, 0.6) is 0 Å². The van der Waals surface area contributed by atoms with Crippen molar-refractivity contribution in [3.63, 3.8) is 0 Å². The van der Waals surface area contributed by atoms with Gasteiger partial charge in [-0.2, -0.15) is 0 Å². The summed E-state index contributed by atoms with van der Waals surface area (Å²) in [6.07, 6.45) is 1.24. The third-order valence-electron chi connectivity index (χ3n) is 3.68. The molecule has 0 unspecified atom stereocenters. The topological polar surface area (TPSA) is 109 Å². The van der Waals surface area contributed by atoms with Gasteiger partial charge < -0.3 is 10.1 Å². The Hall–Kier alpha value is -2.49. The molecule has 2 aliphatic heterocycles. The molecule has 1 aromatic rings. The highest BCUT2D eigenvalue weighted by Gasteiger charge is 2.27. The fourth-order valence-corrected chi connectivity index (χ4v) is 3.35. The second kappa shape index (κ2) is 6.95. The lowest BCUT2D eigenvalue weighted by molar-refractivity contribution is -0.150. The van der Waals surface area contributed by atoms with E-state index in [1.165, 1.54) is 11.3 Å². The Bertz CT molecular complexity index is 688. The molecule has 2 fully saturated rings. The first-order valence-corrected chi connectivity index (χ1v) is 8.41. The number of thiazole rings is 1. The number of urea groups is 1. The number of hydrogen-bond acceptors (Lipinski definition) is 7. The fraction of sp³-hybridized carbons (Fsp3) is 0.500. The maximum atomic E-state index is 11.8. The van der Waals surface area contributed by atoms with Gasteiger partial charge in [-0.05, 0) is 6.42 Å². The van der Waals surface area contributed by atoms with Gasteiger partial charge in [0.1, 0.15) is 0 Å². The summed E-state index contributed by atoms with van der Waals surface area (Å²) in [4.78, 5) is 53.4. The van der Waals surface area contributed by atoms with E-state index in [-0.39, 0.29) is 18.9 Å². The number of imide groups is 1. The molecule has 1 aromatic heterocycles. The average molecular weight is 352 g/mol. The minimum Gasteiger partial charge on any atom is -0.455 e. The van der Waals surface area contributed by atoms with Crippen molar-refractivity contribution < 1.29 is 23.9 Å². The molecule has 3 heterocycles. The smallest absolute Gasteiger partial charge is 0.324 e. The van der Waals surface area contributed by atoms with Crippen molar-refractivity contribution in [1.82, 2.24) is 15.2 Å². The van der Waals surface area contributed by atoms with Crippen LogP contribution in [0.4, 0.5) is 9.93 Å². The summed E-state index contributed by atoms with van der Waals surface area (Å²) >= 11 is 1.30. The van der Waals surface area contributed by atoms with Crippen LogP contribution in [-0.4, -0.2) is 59.9 Å². The molecular formula is C14H16N4O5S. The number of amides is 4. The van der Waals surface area contributed by atoms with E-state index in [4.69, 9.17) is 4.74 Å². The van der Waals surface area contributed by atoms with Crippen LogP contribution in [0.1, 0.15) is 18.5 Å². The third-order valence-corrected chi connectivity index (χ3v) is 4.60. The summed E-state index contributed by atoms with van der Waals surface area (Å²) < 4.78 is 4.90. The lowest BCUT2D eigenvalue weighted by Crippen LogP contribution is -2.37. The Morgan fingerprint density at radius 3 is 2.83 bits per heavy atom. The standard InChI is InChI=1S/C14H16N4O5S/c19-10-2-1-4-18(10)14-16-9(8-24-14)6-12(21)23-7-11(20)17-5-3-15-13(17)22/h8H,1-7H2,(H,15,22). The number of nitrogens with one attached hydrogen (secondary N) is 1. The second-order valence-electron chi connectivity index (χ2n) is 5.39. The number of hydrogen-bond donors (Lipinski definition) is 1. The molecule has 0 bridgehead atoms. The molecule has 128 valence electrons. The van der Waals surface area contributed by atoms with E-state index in [0.29, 0.717) is 30.3 Å². The van der Waals surface area contributed by atoms with E-state index in [2.05, 4.69) is 10.3 Å². The van der Waals surface area contributed by atoms with Crippen LogP contribution >= 0.6 is 11.3 Å². The van der Waals surface area contributed by atoms with Crippen LogP contribution < -0.4 is 10.2 Å². The van der Waals surface area contributed by atoms with E-state index in [1.54, 1.807) is 10.3 Å². The van der Waals surface area contributed by atoms with E-state index in [0.717, 1.165) is 11.3 Å². The van der Waals surface area contributed by atoms with Gasteiger partial charge in [-0.25, -0.2) is 9.78 Å². The van der Waals surface area contributed by atoms with Crippen molar-refractivity contribution in [3.8, 4) is 0 Å².